The molecule has 4 nitrogen and oxygen atoms in total. The number of aryl methyl sites for hydroxylation is 1. The topological polar surface area (TPSA) is 57.8 Å². The predicted octanol–water partition coefficient (Wildman–Crippen LogP) is 2.21. The number of benzene rings is 1. The van der Waals surface area contributed by atoms with E-state index in [2.05, 4.69) is 15.5 Å². The number of rotatable bonds is 3. The maximum absolute atomic E-state index is 12.0. The Morgan fingerprint density at radius 2 is 2.18 bits per heavy atom. The third-order valence-corrected chi connectivity index (χ3v) is 2.76. The van der Waals surface area contributed by atoms with Crippen LogP contribution in [-0.2, 0) is 0 Å². The Balaban J connectivity index is 2.10. The molecule has 2 N–H and O–H groups in total. The van der Waals surface area contributed by atoms with Crippen LogP contribution in [0.3, 0.4) is 0 Å². The Labute approximate surface area is 100 Å². The number of H-pyrrole nitrogens is 1. The molecule has 0 spiro atoms. The molecule has 0 saturated carbocycles. The number of aromatic nitrogens is 2. The molecule has 0 aliphatic heterocycles. The molecule has 1 heterocycles. The molecule has 0 aliphatic rings. The van der Waals surface area contributed by atoms with Crippen LogP contribution in [0.25, 0.3) is 0 Å². The first-order valence-corrected chi connectivity index (χ1v) is 5.53. The summed E-state index contributed by atoms with van der Waals surface area (Å²) >= 11 is 0. The Kier molecular flexibility index (Phi) is 3.23. The van der Waals surface area contributed by atoms with Crippen LogP contribution in [-0.4, -0.2) is 16.1 Å². The number of nitrogens with one attached hydrogen (secondary N) is 2. The highest BCUT2D eigenvalue weighted by Gasteiger charge is 2.13. The second kappa shape index (κ2) is 4.82. The summed E-state index contributed by atoms with van der Waals surface area (Å²) in [5.41, 5.74) is 2.65. The SMILES string of the molecule is Cc1ccccc1C(=O)NC(C)c1cn[nH]c1. The van der Waals surface area contributed by atoms with E-state index in [4.69, 9.17) is 0 Å². The molecular weight excluding hydrogens is 214 g/mol. The van der Waals surface area contributed by atoms with Crippen molar-refractivity contribution in [2.75, 3.05) is 0 Å². The van der Waals surface area contributed by atoms with Gasteiger partial charge in [-0.05, 0) is 25.5 Å². The van der Waals surface area contributed by atoms with Gasteiger partial charge in [0.25, 0.3) is 5.91 Å². The Bertz CT molecular complexity index is 505. The van der Waals surface area contributed by atoms with Gasteiger partial charge in [0.1, 0.15) is 0 Å². The fourth-order valence-corrected chi connectivity index (χ4v) is 1.68. The van der Waals surface area contributed by atoms with Crippen molar-refractivity contribution in [3.63, 3.8) is 0 Å². The minimum atomic E-state index is -0.0585. The molecule has 0 fully saturated rings. The second-order valence-corrected chi connectivity index (χ2v) is 4.04. The summed E-state index contributed by atoms with van der Waals surface area (Å²) in [6.45, 7) is 3.86. The molecule has 4 heteroatoms. The van der Waals surface area contributed by atoms with E-state index in [1.54, 1.807) is 12.4 Å². The van der Waals surface area contributed by atoms with E-state index in [1.165, 1.54) is 0 Å². The molecule has 2 aromatic rings. The highest BCUT2D eigenvalue weighted by Crippen LogP contribution is 2.12. The zero-order valence-corrected chi connectivity index (χ0v) is 9.90. The van der Waals surface area contributed by atoms with Crippen LogP contribution in [0, 0.1) is 6.92 Å². The number of hydrogen-bond donors (Lipinski definition) is 2. The first-order valence-electron chi connectivity index (χ1n) is 5.53. The van der Waals surface area contributed by atoms with Crippen LogP contribution < -0.4 is 5.32 Å². The van der Waals surface area contributed by atoms with E-state index < -0.39 is 0 Å². The second-order valence-electron chi connectivity index (χ2n) is 4.04. The lowest BCUT2D eigenvalue weighted by Crippen LogP contribution is -2.26. The van der Waals surface area contributed by atoms with Gasteiger partial charge in [0.2, 0.25) is 0 Å². The van der Waals surface area contributed by atoms with E-state index >= 15 is 0 Å². The van der Waals surface area contributed by atoms with Gasteiger partial charge in [-0.1, -0.05) is 18.2 Å². The smallest absolute Gasteiger partial charge is 0.252 e. The minimum Gasteiger partial charge on any atom is -0.345 e. The van der Waals surface area contributed by atoms with Crippen molar-refractivity contribution < 1.29 is 4.79 Å². The first-order chi connectivity index (χ1) is 8.18. The third kappa shape index (κ3) is 2.53. The van der Waals surface area contributed by atoms with Crippen molar-refractivity contribution in [3.05, 3.63) is 53.3 Å². The van der Waals surface area contributed by atoms with Gasteiger partial charge < -0.3 is 5.32 Å². The molecule has 1 atom stereocenters. The van der Waals surface area contributed by atoms with E-state index in [9.17, 15) is 4.79 Å². The number of aromatic amines is 1. The molecule has 17 heavy (non-hydrogen) atoms. The summed E-state index contributed by atoms with van der Waals surface area (Å²) < 4.78 is 0. The number of carbonyl (C=O) groups is 1. The average Bonchev–Trinajstić information content (AvgIpc) is 2.82. The number of amides is 1. The van der Waals surface area contributed by atoms with Crippen LogP contribution in [0.1, 0.15) is 34.5 Å². The van der Waals surface area contributed by atoms with Gasteiger partial charge in [-0.25, -0.2) is 0 Å². The van der Waals surface area contributed by atoms with Crippen molar-refractivity contribution >= 4 is 5.91 Å². The van der Waals surface area contributed by atoms with Gasteiger partial charge in [-0.3, -0.25) is 9.89 Å². The van der Waals surface area contributed by atoms with Crippen LogP contribution >= 0.6 is 0 Å². The van der Waals surface area contributed by atoms with Crippen LogP contribution in [0.15, 0.2) is 36.7 Å². The van der Waals surface area contributed by atoms with E-state index in [0.29, 0.717) is 5.56 Å². The largest absolute Gasteiger partial charge is 0.345 e. The lowest BCUT2D eigenvalue weighted by atomic mass is 10.1. The molecule has 1 amide bonds. The summed E-state index contributed by atoms with van der Waals surface area (Å²) in [4.78, 5) is 12.0. The lowest BCUT2D eigenvalue weighted by molar-refractivity contribution is 0.0939. The first kappa shape index (κ1) is 11.4. The van der Waals surface area contributed by atoms with Gasteiger partial charge in [0.15, 0.2) is 0 Å². The van der Waals surface area contributed by atoms with Crippen molar-refractivity contribution in [1.82, 2.24) is 15.5 Å². The van der Waals surface area contributed by atoms with Gasteiger partial charge in [0.05, 0.1) is 12.2 Å². The fraction of sp³-hybridized carbons (Fsp3) is 0.231. The summed E-state index contributed by atoms with van der Waals surface area (Å²) in [7, 11) is 0. The summed E-state index contributed by atoms with van der Waals surface area (Å²) in [5.74, 6) is -0.0585. The quantitative estimate of drug-likeness (QED) is 0.847. The molecule has 0 saturated heterocycles. The van der Waals surface area contributed by atoms with Crippen LogP contribution in [0.2, 0.25) is 0 Å². The molecule has 0 radical (unpaired) electrons. The number of hydrogen-bond acceptors (Lipinski definition) is 2. The van der Waals surface area contributed by atoms with Crippen molar-refractivity contribution in [2.45, 2.75) is 19.9 Å². The third-order valence-electron chi connectivity index (χ3n) is 2.76. The van der Waals surface area contributed by atoms with Crippen molar-refractivity contribution in [2.24, 2.45) is 0 Å². The van der Waals surface area contributed by atoms with Crippen LogP contribution in [0.5, 0.6) is 0 Å². The fourth-order valence-electron chi connectivity index (χ4n) is 1.68. The van der Waals surface area contributed by atoms with Gasteiger partial charge in [-0.2, -0.15) is 5.10 Å². The molecular formula is C13H15N3O. The maximum Gasteiger partial charge on any atom is 0.252 e. The highest BCUT2D eigenvalue weighted by atomic mass is 16.1. The molecule has 1 aromatic carbocycles. The van der Waals surface area contributed by atoms with E-state index in [-0.39, 0.29) is 11.9 Å². The zero-order chi connectivity index (χ0) is 12.3. The summed E-state index contributed by atoms with van der Waals surface area (Å²) in [5, 5.41) is 9.54. The van der Waals surface area contributed by atoms with E-state index in [1.807, 2.05) is 38.1 Å². The normalized spacial score (nSPS) is 12.1. The monoisotopic (exact) mass is 229 g/mol. The standard InChI is InChI=1S/C13H15N3O/c1-9-5-3-4-6-12(9)13(17)16-10(2)11-7-14-15-8-11/h3-8,10H,1-2H3,(H,14,15)(H,16,17). The minimum absolute atomic E-state index is 0.0548. The molecule has 0 aliphatic carbocycles. The average molecular weight is 229 g/mol. The maximum atomic E-state index is 12.0. The number of carbonyl (C=O) groups excluding carboxylic acids is 1. The summed E-state index contributed by atoms with van der Waals surface area (Å²) in [6, 6.07) is 7.49. The molecule has 88 valence electrons. The van der Waals surface area contributed by atoms with Crippen molar-refractivity contribution in [3.8, 4) is 0 Å². The Morgan fingerprint density at radius 3 is 2.82 bits per heavy atom. The Morgan fingerprint density at radius 1 is 1.41 bits per heavy atom. The Hall–Kier alpha value is -2.10. The van der Waals surface area contributed by atoms with Gasteiger partial charge >= 0.3 is 0 Å². The number of nitrogens with zero attached hydrogens (tertiary/aromatic N) is 1. The molecule has 1 aromatic heterocycles. The molecule has 2 rings (SSSR count). The van der Waals surface area contributed by atoms with E-state index in [0.717, 1.165) is 11.1 Å². The van der Waals surface area contributed by atoms with Gasteiger partial charge in [-0.15, -0.1) is 0 Å². The summed E-state index contributed by atoms with van der Waals surface area (Å²) in [6.07, 6.45) is 3.49. The zero-order valence-electron chi connectivity index (χ0n) is 9.90. The van der Waals surface area contributed by atoms with Gasteiger partial charge in [0, 0.05) is 17.3 Å². The highest BCUT2D eigenvalue weighted by molar-refractivity contribution is 5.95. The molecule has 0 bridgehead atoms. The lowest BCUT2D eigenvalue weighted by Gasteiger charge is -2.13. The van der Waals surface area contributed by atoms with Crippen LogP contribution in [0.4, 0.5) is 0 Å². The predicted molar refractivity (Wildman–Crippen MR) is 65.6 cm³/mol. The van der Waals surface area contributed by atoms with Crippen molar-refractivity contribution in [1.29, 1.82) is 0 Å². The molecule has 1 unspecified atom stereocenters.